The van der Waals surface area contributed by atoms with Gasteiger partial charge in [0.1, 0.15) is 7.11 Å². The van der Waals surface area contributed by atoms with Crippen molar-refractivity contribution in [3.63, 3.8) is 0 Å². The van der Waals surface area contributed by atoms with Gasteiger partial charge in [-0.05, 0) is 19.9 Å². The van der Waals surface area contributed by atoms with Gasteiger partial charge in [-0.25, -0.2) is 0 Å². The van der Waals surface area contributed by atoms with Gasteiger partial charge in [0.2, 0.25) is 0 Å². The second-order valence-electron chi connectivity index (χ2n) is 4.40. The van der Waals surface area contributed by atoms with Gasteiger partial charge >= 0.3 is 0 Å². The summed E-state index contributed by atoms with van der Waals surface area (Å²) in [6, 6.07) is 7.47. The van der Waals surface area contributed by atoms with Crippen LogP contribution in [0.5, 0.6) is 0 Å². The Labute approximate surface area is 124 Å². The molecule has 0 N–H and O–H groups in total. The SMILES string of the molecule is CCOC(CN1C(=O)C(=NOC)c2ccccc21)OCC. The highest BCUT2D eigenvalue weighted by molar-refractivity contribution is 6.54. The van der Waals surface area contributed by atoms with Crippen LogP contribution in [-0.4, -0.2) is 44.8 Å². The number of ether oxygens (including phenoxy) is 2. The van der Waals surface area contributed by atoms with Gasteiger partial charge in [0.05, 0.1) is 12.2 Å². The quantitative estimate of drug-likeness (QED) is 0.568. The third-order valence-corrected chi connectivity index (χ3v) is 3.12. The Morgan fingerprint density at radius 2 is 1.86 bits per heavy atom. The highest BCUT2D eigenvalue weighted by Crippen LogP contribution is 2.29. The van der Waals surface area contributed by atoms with E-state index in [0.29, 0.717) is 25.5 Å². The van der Waals surface area contributed by atoms with Crippen LogP contribution < -0.4 is 4.90 Å². The molecule has 0 saturated carbocycles. The Kier molecular flexibility index (Phi) is 5.30. The first kappa shape index (κ1) is 15.5. The van der Waals surface area contributed by atoms with Crippen molar-refractivity contribution in [1.29, 1.82) is 0 Å². The van der Waals surface area contributed by atoms with E-state index in [-0.39, 0.29) is 5.91 Å². The molecular weight excluding hydrogens is 272 g/mol. The number of carbonyl (C=O) groups excluding carboxylic acids is 1. The fourth-order valence-electron chi connectivity index (χ4n) is 2.30. The molecule has 0 unspecified atom stereocenters. The molecule has 1 aromatic carbocycles. The number of anilines is 1. The summed E-state index contributed by atoms with van der Waals surface area (Å²) < 4.78 is 11.0. The minimum absolute atomic E-state index is 0.206. The van der Waals surface area contributed by atoms with Crippen molar-refractivity contribution in [3.05, 3.63) is 29.8 Å². The fourth-order valence-corrected chi connectivity index (χ4v) is 2.30. The van der Waals surface area contributed by atoms with Gasteiger partial charge in [-0.1, -0.05) is 23.4 Å². The van der Waals surface area contributed by atoms with Crippen LogP contribution in [0.4, 0.5) is 5.69 Å². The molecule has 1 aliphatic rings. The number of carbonyl (C=O) groups is 1. The Morgan fingerprint density at radius 3 is 2.48 bits per heavy atom. The lowest BCUT2D eigenvalue weighted by atomic mass is 10.1. The number of para-hydroxylation sites is 1. The number of rotatable bonds is 7. The van der Waals surface area contributed by atoms with Gasteiger partial charge in [0.15, 0.2) is 12.0 Å². The highest BCUT2D eigenvalue weighted by atomic mass is 16.7. The van der Waals surface area contributed by atoms with Crippen molar-refractivity contribution in [3.8, 4) is 0 Å². The number of hydrogen-bond acceptors (Lipinski definition) is 5. The molecule has 0 saturated heterocycles. The summed E-state index contributed by atoms with van der Waals surface area (Å²) in [5.74, 6) is -0.206. The molecule has 114 valence electrons. The molecule has 0 aromatic heterocycles. The highest BCUT2D eigenvalue weighted by Gasteiger charge is 2.35. The number of amides is 1. The standard InChI is InChI=1S/C15H20N2O4/c1-4-20-13(21-5-2)10-17-12-9-7-6-8-11(12)14(15(17)18)16-19-3/h6-9,13H,4-5,10H2,1-3H3. The average molecular weight is 292 g/mol. The van der Waals surface area contributed by atoms with Crippen molar-refractivity contribution >= 4 is 17.3 Å². The molecule has 1 amide bonds. The summed E-state index contributed by atoms with van der Waals surface area (Å²) in [6.07, 6.45) is -0.459. The summed E-state index contributed by atoms with van der Waals surface area (Å²) in [4.78, 5) is 18.9. The maximum atomic E-state index is 12.5. The smallest absolute Gasteiger partial charge is 0.281 e. The van der Waals surface area contributed by atoms with E-state index in [9.17, 15) is 4.79 Å². The van der Waals surface area contributed by atoms with Gasteiger partial charge in [-0.2, -0.15) is 0 Å². The maximum absolute atomic E-state index is 12.5. The minimum Gasteiger partial charge on any atom is -0.398 e. The summed E-state index contributed by atoms with van der Waals surface area (Å²) in [5.41, 5.74) is 1.86. The molecule has 1 aliphatic heterocycles. The Morgan fingerprint density at radius 1 is 1.19 bits per heavy atom. The van der Waals surface area contributed by atoms with Crippen LogP contribution in [0.1, 0.15) is 19.4 Å². The summed E-state index contributed by atoms with van der Waals surface area (Å²) in [5, 5.41) is 3.84. The molecule has 0 fully saturated rings. The zero-order chi connectivity index (χ0) is 15.2. The van der Waals surface area contributed by atoms with Crippen LogP contribution in [0.25, 0.3) is 0 Å². The normalized spacial score (nSPS) is 15.9. The predicted molar refractivity (Wildman–Crippen MR) is 79.4 cm³/mol. The zero-order valence-corrected chi connectivity index (χ0v) is 12.5. The summed E-state index contributed by atoms with van der Waals surface area (Å²) in [7, 11) is 1.43. The summed E-state index contributed by atoms with van der Waals surface area (Å²) >= 11 is 0. The van der Waals surface area contributed by atoms with E-state index in [0.717, 1.165) is 11.3 Å². The van der Waals surface area contributed by atoms with Crippen molar-refractivity contribution in [2.45, 2.75) is 20.1 Å². The topological polar surface area (TPSA) is 60.4 Å². The Hall–Kier alpha value is -1.92. The Balaban J connectivity index is 2.27. The molecule has 6 nitrogen and oxygen atoms in total. The van der Waals surface area contributed by atoms with Gasteiger partial charge in [0, 0.05) is 18.8 Å². The average Bonchev–Trinajstić information content (AvgIpc) is 2.74. The first-order valence-electron chi connectivity index (χ1n) is 6.98. The molecule has 21 heavy (non-hydrogen) atoms. The zero-order valence-electron chi connectivity index (χ0n) is 12.5. The van der Waals surface area contributed by atoms with Crippen molar-refractivity contribution in [2.24, 2.45) is 5.16 Å². The maximum Gasteiger partial charge on any atom is 0.281 e. The first-order valence-corrected chi connectivity index (χ1v) is 6.98. The number of fused-ring (bicyclic) bond motifs is 1. The van der Waals surface area contributed by atoms with E-state index in [4.69, 9.17) is 14.3 Å². The van der Waals surface area contributed by atoms with E-state index in [2.05, 4.69) is 5.16 Å². The second kappa shape index (κ2) is 7.19. The third-order valence-electron chi connectivity index (χ3n) is 3.12. The lowest BCUT2D eigenvalue weighted by molar-refractivity contribution is -0.133. The molecular formula is C15H20N2O4. The molecule has 6 heteroatoms. The van der Waals surface area contributed by atoms with Gasteiger partial charge in [0.25, 0.3) is 5.91 Å². The molecule has 1 heterocycles. The predicted octanol–water partition coefficient (Wildman–Crippen LogP) is 1.78. The summed E-state index contributed by atoms with van der Waals surface area (Å²) in [6.45, 7) is 5.15. The largest absolute Gasteiger partial charge is 0.398 e. The number of benzene rings is 1. The third kappa shape index (κ3) is 3.22. The van der Waals surface area contributed by atoms with Gasteiger partial charge in [-0.15, -0.1) is 0 Å². The number of oxime groups is 1. The molecule has 0 aliphatic carbocycles. The van der Waals surface area contributed by atoms with Gasteiger partial charge in [-0.3, -0.25) is 4.79 Å². The van der Waals surface area contributed by atoms with Crippen LogP contribution in [0.15, 0.2) is 29.4 Å². The van der Waals surface area contributed by atoms with Gasteiger partial charge < -0.3 is 19.2 Å². The lowest BCUT2D eigenvalue weighted by Gasteiger charge is -2.23. The number of nitrogens with zero attached hydrogens (tertiary/aromatic N) is 2. The minimum atomic E-state index is -0.459. The van der Waals surface area contributed by atoms with E-state index < -0.39 is 6.29 Å². The lowest BCUT2D eigenvalue weighted by Crippen LogP contribution is -2.39. The van der Waals surface area contributed by atoms with Crippen LogP contribution >= 0.6 is 0 Å². The molecule has 0 spiro atoms. The molecule has 0 radical (unpaired) electrons. The van der Waals surface area contributed by atoms with Crippen molar-refractivity contribution in [1.82, 2.24) is 0 Å². The molecule has 2 rings (SSSR count). The fraction of sp³-hybridized carbons (Fsp3) is 0.467. The van der Waals surface area contributed by atoms with Crippen LogP contribution in [0.2, 0.25) is 0 Å². The van der Waals surface area contributed by atoms with E-state index in [1.165, 1.54) is 7.11 Å². The van der Waals surface area contributed by atoms with Crippen LogP contribution in [0, 0.1) is 0 Å². The van der Waals surface area contributed by atoms with Crippen molar-refractivity contribution < 1.29 is 19.1 Å². The molecule has 1 aromatic rings. The van der Waals surface area contributed by atoms with Crippen LogP contribution in [0.3, 0.4) is 0 Å². The Bertz CT molecular complexity index is 524. The second-order valence-corrected chi connectivity index (χ2v) is 4.40. The molecule has 0 bridgehead atoms. The molecule has 0 atom stereocenters. The first-order chi connectivity index (χ1) is 10.2. The number of hydrogen-bond donors (Lipinski definition) is 0. The van der Waals surface area contributed by atoms with Crippen LogP contribution in [-0.2, 0) is 19.1 Å². The van der Waals surface area contributed by atoms with E-state index in [1.807, 2.05) is 38.1 Å². The van der Waals surface area contributed by atoms with E-state index >= 15 is 0 Å². The van der Waals surface area contributed by atoms with Crippen molar-refractivity contribution in [2.75, 3.05) is 31.8 Å². The van der Waals surface area contributed by atoms with E-state index in [1.54, 1.807) is 4.90 Å². The monoisotopic (exact) mass is 292 g/mol.